The lowest BCUT2D eigenvalue weighted by Gasteiger charge is -2.10. The van der Waals surface area contributed by atoms with Crippen molar-refractivity contribution in [1.29, 1.82) is 0 Å². The molecule has 0 saturated heterocycles. The van der Waals surface area contributed by atoms with Crippen LogP contribution >= 0.6 is 0 Å². The summed E-state index contributed by atoms with van der Waals surface area (Å²) in [7, 11) is 0. The van der Waals surface area contributed by atoms with Crippen molar-refractivity contribution >= 4 is 65.2 Å². The first-order chi connectivity index (χ1) is 22.8. The van der Waals surface area contributed by atoms with Crippen molar-refractivity contribution in [2.45, 2.75) is 0 Å². The SMILES string of the molecule is c1c(-n2c3ccc4c(c5ccccc5n4-c4ccc(-c5ccccc5)cc4)c3c3ccc4ccccc4c32)cc2ccccc2c#1. The Kier molecular flexibility index (Phi) is 5.23. The van der Waals surface area contributed by atoms with Gasteiger partial charge in [-0.05, 0) is 70.4 Å². The van der Waals surface area contributed by atoms with Gasteiger partial charge >= 0.3 is 0 Å². The monoisotopic (exact) mass is 582 g/mol. The number of hydrogen-bond acceptors (Lipinski definition) is 0. The molecular weight excluding hydrogens is 556 g/mol. The molecule has 0 spiro atoms. The molecule has 0 bridgehead atoms. The van der Waals surface area contributed by atoms with Gasteiger partial charge < -0.3 is 9.13 Å². The van der Waals surface area contributed by atoms with Crippen molar-refractivity contribution < 1.29 is 0 Å². The molecule has 0 fully saturated rings. The van der Waals surface area contributed by atoms with Gasteiger partial charge in [-0.25, -0.2) is 0 Å². The highest BCUT2D eigenvalue weighted by Crippen LogP contribution is 2.44. The Bertz CT molecular complexity index is 2780. The molecule has 0 atom stereocenters. The van der Waals surface area contributed by atoms with Crippen LogP contribution in [0.3, 0.4) is 0 Å². The topological polar surface area (TPSA) is 9.86 Å². The number of aromatic nitrogens is 2. The second-order valence-electron chi connectivity index (χ2n) is 12.0. The molecule has 212 valence electrons. The second-order valence-corrected chi connectivity index (χ2v) is 12.0. The fourth-order valence-electron chi connectivity index (χ4n) is 7.46. The van der Waals surface area contributed by atoms with Crippen LogP contribution in [0.25, 0.3) is 87.7 Å². The molecule has 0 aliphatic heterocycles. The first-order valence-electron chi connectivity index (χ1n) is 15.7. The molecule has 8 aromatic carbocycles. The van der Waals surface area contributed by atoms with Crippen LogP contribution in [0, 0.1) is 12.1 Å². The minimum absolute atomic E-state index is 0.995. The van der Waals surface area contributed by atoms with Gasteiger partial charge in [0.2, 0.25) is 0 Å². The number of nitrogens with zero attached hydrogens (tertiary/aromatic N) is 2. The molecule has 0 aliphatic carbocycles. The van der Waals surface area contributed by atoms with Gasteiger partial charge in [-0.3, -0.25) is 0 Å². The molecule has 0 saturated carbocycles. The van der Waals surface area contributed by atoms with Gasteiger partial charge in [0.05, 0.1) is 27.8 Å². The van der Waals surface area contributed by atoms with Gasteiger partial charge in [-0.1, -0.05) is 121 Å². The van der Waals surface area contributed by atoms with Crippen molar-refractivity contribution in [3.05, 3.63) is 170 Å². The van der Waals surface area contributed by atoms with E-state index in [0.29, 0.717) is 0 Å². The highest BCUT2D eigenvalue weighted by Gasteiger charge is 2.21. The van der Waals surface area contributed by atoms with Crippen LogP contribution in [0.15, 0.2) is 158 Å². The summed E-state index contributed by atoms with van der Waals surface area (Å²) in [5, 5.41) is 9.69. The summed E-state index contributed by atoms with van der Waals surface area (Å²) in [5.74, 6) is 0. The van der Waals surface area contributed by atoms with Crippen molar-refractivity contribution in [3.63, 3.8) is 0 Å². The van der Waals surface area contributed by atoms with Gasteiger partial charge in [0, 0.05) is 38.0 Å². The third-order valence-electron chi connectivity index (χ3n) is 9.50. The standard InChI is InChI=1S/C44H26N2/c1-2-10-29(11-3-1)31-18-22-34(23-19-31)45-39-17-9-8-16-37(39)42-40(45)26-27-41-43(42)38-25-21-32-13-6-7-15-36(32)44(38)46(41)35-24-20-30-12-4-5-14-33(30)28-35/h1-19,21-23,25-28H. The Morgan fingerprint density at radius 2 is 1.04 bits per heavy atom. The summed E-state index contributed by atoms with van der Waals surface area (Å²) in [5.41, 5.74) is 9.34. The molecule has 10 aromatic rings. The normalized spacial score (nSPS) is 11.7. The summed E-state index contributed by atoms with van der Waals surface area (Å²) >= 11 is 0. The molecule has 2 heteroatoms. The van der Waals surface area contributed by atoms with E-state index in [9.17, 15) is 0 Å². The average Bonchev–Trinajstić information content (AvgIpc) is 3.65. The maximum Gasteiger partial charge on any atom is 0.0980 e. The predicted molar refractivity (Wildman–Crippen MR) is 193 cm³/mol. The number of para-hydroxylation sites is 1. The summed E-state index contributed by atoms with van der Waals surface area (Å²) in [6, 6.07) is 63.8. The van der Waals surface area contributed by atoms with E-state index in [0.717, 1.165) is 22.1 Å². The summed E-state index contributed by atoms with van der Waals surface area (Å²) in [4.78, 5) is 0. The molecule has 10 rings (SSSR count). The van der Waals surface area contributed by atoms with E-state index in [4.69, 9.17) is 0 Å². The molecule has 0 radical (unpaired) electrons. The average molecular weight is 583 g/mol. The number of benzene rings is 7. The summed E-state index contributed by atoms with van der Waals surface area (Å²) in [6.45, 7) is 0. The third kappa shape index (κ3) is 3.54. The van der Waals surface area contributed by atoms with Crippen LogP contribution in [0.2, 0.25) is 0 Å². The van der Waals surface area contributed by atoms with E-state index >= 15 is 0 Å². The predicted octanol–water partition coefficient (Wildman–Crippen LogP) is 11.5. The van der Waals surface area contributed by atoms with E-state index in [1.807, 2.05) is 0 Å². The van der Waals surface area contributed by atoms with Crippen molar-refractivity contribution in [2.75, 3.05) is 0 Å². The molecule has 2 aromatic heterocycles. The number of rotatable bonds is 3. The zero-order valence-electron chi connectivity index (χ0n) is 24.9. The van der Waals surface area contributed by atoms with E-state index in [1.54, 1.807) is 0 Å². The zero-order chi connectivity index (χ0) is 30.2. The van der Waals surface area contributed by atoms with E-state index in [1.165, 1.54) is 65.5 Å². The van der Waals surface area contributed by atoms with Gasteiger partial charge in [-0.2, -0.15) is 0 Å². The van der Waals surface area contributed by atoms with Crippen LogP contribution in [-0.2, 0) is 0 Å². The van der Waals surface area contributed by atoms with Crippen LogP contribution < -0.4 is 0 Å². The highest BCUT2D eigenvalue weighted by molar-refractivity contribution is 6.31. The molecular formula is C44H26N2. The Balaban J connectivity index is 1.33. The van der Waals surface area contributed by atoms with E-state index < -0.39 is 0 Å². The summed E-state index contributed by atoms with van der Waals surface area (Å²) < 4.78 is 4.81. The molecule has 2 heterocycles. The third-order valence-corrected chi connectivity index (χ3v) is 9.50. The molecule has 0 unspecified atom stereocenters. The van der Waals surface area contributed by atoms with Crippen LogP contribution in [0.5, 0.6) is 0 Å². The summed E-state index contributed by atoms with van der Waals surface area (Å²) in [6.07, 6.45) is 0. The first-order valence-corrected chi connectivity index (χ1v) is 15.7. The van der Waals surface area contributed by atoms with Gasteiger partial charge in [0.15, 0.2) is 0 Å². The van der Waals surface area contributed by atoms with Gasteiger partial charge in [0.25, 0.3) is 0 Å². The van der Waals surface area contributed by atoms with Gasteiger partial charge in [-0.15, -0.1) is 0 Å². The first kappa shape index (κ1) is 25.1. The molecule has 0 N–H and O–H groups in total. The lowest BCUT2D eigenvalue weighted by molar-refractivity contribution is 1.18. The lowest BCUT2D eigenvalue weighted by Crippen LogP contribution is -1.95. The van der Waals surface area contributed by atoms with Crippen LogP contribution in [-0.4, -0.2) is 9.13 Å². The second kappa shape index (κ2) is 9.60. The fourth-order valence-corrected chi connectivity index (χ4v) is 7.46. The van der Waals surface area contributed by atoms with Crippen molar-refractivity contribution in [3.8, 4) is 22.5 Å². The Morgan fingerprint density at radius 1 is 0.391 bits per heavy atom. The minimum Gasteiger partial charge on any atom is -0.309 e. The zero-order valence-corrected chi connectivity index (χ0v) is 24.9. The molecule has 46 heavy (non-hydrogen) atoms. The maximum absolute atomic E-state index is 3.53. The highest BCUT2D eigenvalue weighted by atomic mass is 15.0. The smallest absolute Gasteiger partial charge is 0.0980 e. The number of hydrogen-bond donors (Lipinski definition) is 0. The molecule has 2 nitrogen and oxygen atoms in total. The Hall–Kier alpha value is -6.30. The molecule has 0 amide bonds. The molecule has 0 aliphatic rings. The Labute approximate surface area is 266 Å². The van der Waals surface area contributed by atoms with Crippen molar-refractivity contribution in [2.24, 2.45) is 0 Å². The van der Waals surface area contributed by atoms with Crippen LogP contribution in [0.1, 0.15) is 0 Å². The largest absolute Gasteiger partial charge is 0.309 e. The Morgan fingerprint density at radius 3 is 1.89 bits per heavy atom. The van der Waals surface area contributed by atoms with Crippen LogP contribution in [0.4, 0.5) is 0 Å². The van der Waals surface area contributed by atoms with E-state index in [-0.39, 0.29) is 0 Å². The maximum atomic E-state index is 3.53. The van der Waals surface area contributed by atoms with Crippen molar-refractivity contribution in [1.82, 2.24) is 9.13 Å². The van der Waals surface area contributed by atoms with E-state index in [2.05, 4.69) is 179 Å². The fraction of sp³-hybridized carbons (Fsp3) is 0. The van der Waals surface area contributed by atoms with Gasteiger partial charge in [0.1, 0.15) is 0 Å². The quantitative estimate of drug-likeness (QED) is 0.196. The minimum atomic E-state index is 0.995. The lowest BCUT2D eigenvalue weighted by atomic mass is 10.0. The number of fused-ring (bicyclic) bond motifs is 10.